The summed E-state index contributed by atoms with van der Waals surface area (Å²) in [6.07, 6.45) is 0.524. The molecule has 1 aliphatic heterocycles. The lowest BCUT2D eigenvalue weighted by atomic mass is 10.1. The third-order valence-corrected chi connectivity index (χ3v) is 1.85. The van der Waals surface area contributed by atoms with Crippen molar-refractivity contribution >= 4 is 0 Å². The van der Waals surface area contributed by atoms with Gasteiger partial charge in [0.15, 0.2) is 0 Å². The smallest absolute Gasteiger partial charge is 0.104 e. The van der Waals surface area contributed by atoms with E-state index in [4.69, 9.17) is 9.47 Å². The molecule has 0 aromatic carbocycles. The topological polar surface area (TPSA) is 38.7 Å². The number of ether oxygens (including phenoxy) is 2. The zero-order chi connectivity index (χ0) is 7.56. The molecule has 0 aromatic heterocycles. The molecule has 0 radical (unpaired) electrons. The van der Waals surface area contributed by atoms with Gasteiger partial charge in [0.05, 0.1) is 18.8 Å². The van der Waals surface area contributed by atoms with E-state index >= 15 is 0 Å². The van der Waals surface area contributed by atoms with Crippen molar-refractivity contribution in [1.29, 1.82) is 0 Å². The van der Waals surface area contributed by atoms with E-state index in [-0.39, 0.29) is 12.2 Å². The van der Waals surface area contributed by atoms with E-state index in [1.165, 1.54) is 0 Å². The minimum atomic E-state index is -0.443. The highest BCUT2D eigenvalue weighted by molar-refractivity contribution is 4.76. The third-order valence-electron chi connectivity index (χ3n) is 1.85. The zero-order valence-electron chi connectivity index (χ0n) is 6.41. The molecule has 1 aliphatic rings. The predicted octanol–water partition coefficient (Wildman–Crippen LogP) is 0.171. The first-order valence-corrected chi connectivity index (χ1v) is 3.56. The van der Waals surface area contributed by atoms with Crippen LogP contribution in [0.4, 0.5) is 0 Å². The van der Waals surface area contributed by atoms with Crippen LogP contribution in [0.5, 0.6) is 0 Å². The van der Waals surface area contributed by atoms with Crippen molar-refractivity contribution in [3.63, 3.8) is 0 Å². The minimum absolute atomic E-state index is 0.0382. The molecule has 0 unspecified atom stereocenters. The van der Waals surface area contributed by atoms with Gasteiger partial charge in [-0.25, -0.2) is 0 Å². The van der Waals surface area contributed by atoms with E-state index in [1.54, 1.807) is 7.11 Å². The van der Waals surface area contributed by atoms with Gasteiger partial charge in [0.1, 0.15) is 6.10 Å². The van der Waals surface area contributed by atoms with Gasteiger partial charge in [0, 0.05) is 13.5 Å². The highest BCUT2D eigenvalue weighted by Gasteiger charge is 2.27. The van der Waals surface area contributed by atoms with Crippen LogP contribution in [0, 0.1) is 0 Å². The maximum absolute atomic E-state index is 9.24. The lowest BCUT2D eigenvalue weighted by Gasteiger charge is -2.30. The Balaban J connectivity index is 2.38. The lowest BCUT2D eigenvalue weighted by molar-refractivity contribution is -0.127. The average Bonchev–Trinajstić information content (AvgIpc) is 1.94. The molecule has 1 rings (SSSR count). The van der Waals surface area contributed by atoms with Gasteiger partial charge in [0.25, 0.3) is 0 Å². The molecule has 0 aliphatic carbocycles. The Morgan fingerprint density at radius 3 is 2.80 bits per heavy atom. The molecular weight excluding hydrogens is 132 g/mol. The molecule has 1 fully saturated rings. The second kappa shape index (κ2) is 3.32. The van der Waals surface area contributed by atoms with Gasteiger partial charge >= 0.3 is 0 Å². The summed E-state index contributed by atoms with van der Waals surface area (Å²) in [7, 11) is 1.62. The fourth-order valence-electron chi connectivity index (χ4n) is 1.18. The molecule has 0 spiro atoms. The van der Waals surface area contributed by atoms with Crippen LogP contribution in [0.2, 0.25) is 0 Å². The fraction of sp³-hybridized carbons (Fsp3) is 1.00. The number of methoxy groups -OCH3 is 1. The Bertz CT molecular complexity index is 105. The molecule has 1 saturated heterocycles. The molecule has 0 saturated carbocycles. The Morgan fingerprint density at radius 2 is 2.30 bits per heavy atom. The van der Waals surface area contributed by atoms with Crippen molar-refractivity contribution in [3.05, 3.63) is 0 Å². The van der Waals surface area contributed by atoms with Crippen molar-refractivity contribution in [2.24, 2.45) is 0 Å². The molecule has 3 atom stereocenters. The van der Waals surface area contributed by atoms with Crippen LogP contribution in [-0.2, 0) is 9.47 Å². The van der Waals surface area contributed by atoms with Gasteiger partial charge in [-0.2, -0.15) is 0 Å². The summed E-state index contributed by atoms with van der Waals surface area (Å²) < 4.78 is 10.2. The van der Waals surface area contributed by atoms with Gasteiger partial charge < -0.3 is 14.6 Å². The Morgan fingerprint density at radius 1 is 1.60 bits per heavy atom. The van der Waals surface area contributed by atoms with Crippen LogP contribution in [-0.4, -0.2) is 37.1 Å². The fourth-order valence-corrected chi connectivity index (χ4v) is 1.18. The summed E-state index contributed by atoms with van der Waals surface area (Å²) in [5, 5.41) is 9.24. The number of aliphatic hydroxyl groups is 1. The maximum Gasteiger partial charge on any atom is 0.104 e. The van der Waals surface area contributed by atoms with Crippen molar-refractivity contribution < 1.29 is 14.6 Å². The summed E-state index contributed by atoms with van der Waals surface area (Å²) in [5.74, 6) is 0. The monoisotopic (exact) mass is 146 g/mol. The van der Waals surface area contributed by atoms with Gasteiger partial charge in [-0.3, -0.25) is 0 Å². The van der Waals surface area contributed by atoms with Gasteiger partial charge in [-0.15, -0.1) is 0 Å². The van der Waals surface area contributed by atoms with Crippen LogP contribution >= 0.6 is 0 Å². The van der Waals surface area contributed by atoms with Crippen molar-refractivity contribution in [2.75, 3.05) is 13.7 Å². The molecule has 3 heteroatoms. The van der Waals surface area contributed by atoms with Crippen molar-refractivity contribution in [1.82, 2.24) is 0 Å². The summed E-state index contributed by atoms with van der Waals surface area (Å²) >= 11 is 0. The largest absolute Gasteiger partial charge is 0.388 e. The number of rotatable bonds is 1. The maximum atomic E-state index is 9.24. The number of aliphatic hydroxyl groups excluding tert-OH is 1. The zero-order valence-corrected chi connectivity index (χ0v) is 6.41. The third kappa shape index (κ3) is 1.68. The molecule has 10 heavy (non-hydrogen) atoms. The minimum Gasteiger partial charge on any atom is -0.388 e. The predicted molar refractivity (Wildman–Crippen MR) is 36.8 cm³/mol. The quantitative estimate of drug-likeness (QED) is 0.573. The second-order valence-electron chi connectivity index (χ2n) is 2.72. The summed E-state index contributed by atoms with van der Waals surface area (Å²) in [4.78, 5) is 0. The van der Waals surface area contributed by atoms with E-state index in [0.29, 0.717) is 6.61 Å². The Labute approximate surface area is 60.9 Å². The Kier molecular flexibility index (Phi) is 2.65. The van der Waals surface area contributed by atoms with Gasteiger partial charge in [0.2, 0.25) is 0 Å². The first-order chi connectivity index (χ1) is 4.74. The Hall–Kier alpha value is -0.120. The van der Waals surface area contributed by atoms with E-state index in [2.05, 4.69) is 0 Å². The lowest BCUT2D eigenvalue weighted by Crippen LogP contribution is -2.41. The summed E-state index contributed by atoms with van der Waals surface area (Å²) in [6, 6.07) is 0. The standard InChI is InChI=1S/C7H14O3/c1-5-3-7(9-2)6(8)4-10-5/h5-8H,3-4H2,1-2H3/t5-,6-,7+/m0/s1. The molecule has 0 amide bonds. The summed E-state index contributed by atoms with van der Waals surface area (Å²) in [6.45, 7) is 2.39. The van der Waals surface area contributed by atoms with E-state index < -0.39 is 6.10 Å². The number of hydrogen-bond donors (Lipinski definition) is 1. The molecule has 3 nitrogen and oxygen atoms in total. The SMILES string of the molecule is CO[C@@H]1C[C@H](C)OC[C@@H]1O. The van der Waals surface area contributed by atoms with Gasteiger partial charge in [-0.1, -0.05) is 0 Å². The highest BCUT2D eigenvalue weighted by atomic mass is 16.5. The van der Waals surface area contributed by atoms with Crippen LogP contribution in [0.15, 0.2) is 0 Å². The highest BCUT2D eigenvalue weighted by Crippen LogP contribution is 2.15. The first kappa shape index (κ1) is 7.98. The van der Waals surface area contributed by atoms with Crippen molar-refractivity contribution in [2.45, 2.75) is 31.7 Å². The molecular formula is C7H14O3. The van der Waals surface area contributed by atoms with Crippen LogP contribution in [0.1, 0.15) is 13.3 Å². The van der Waals surface area contributed by atoms with E-state index in [1.807, 2.05) is 6.92 Å². The normalized spacial score (nSPS) is 41.7. The molecule has 0 aromatic rings. The van der Waals surface area contributed by atoms with Crippen molar-refractivity contribution in [3.8, 4) is 0 Å². The van der Waals surface area contributed by atoms with E-state index in [9.17, 15) is 5.11 Å². The first-order valence-electron chi connectivity index (χ1n) is 3.56. The second-order valence-corrected chi connectivity index (χ2v) is 2.72. The molecule has 1 N–H and O–H groups in total. The van der Waals surface area contributed by atoms with Gasteiger partial charge in [-0.05, 0) is 6.92 Å². The molecule has 0 bridgehead atoms. The van der Waals surface area contributed by atoms with Crippen LogP contribution < -0.4 is 0 Å². The van der Waals surface area contributed by atoms with Crippen LogP contribution in [0.25, 0.3) is 0 Å². The van der Waals surface area contributed by atoms with E-state index in [0.717, 1.165) is 6.42 Å². The average molecular weight is 146 g/mol. The summed E-state index contributed by atoms with van der Waals surface area (Å²) in [5.41, 5.74) is 0. The van der Waals surface area contributed by atoms with Crippen LogP contribution in [0.3, 0.4) is 0 Å². The molecule has 60 valence electrons. The molecule has 1 heterocycles. The number of hydrogen-bond acceptors (Lipinski definition) is 3.